The van der Waals surface area contributed by atoms with Crippen LogP contribution in [0.3, 0.4) is 0 Å². The highest BCUT2D eigenvalue weighted by Crippen LogP contribution is 2.41. The Morgan fingerprint density at radius 1 is 1.14 bits per heavy atom. The normalized spacial score (nSPS) is 13.6. The Balaban J connectivity index is 1.34. The standard InChI is InChI=1S/C31H28FN9O2/c32-25-13-20(18-7-8-18)12-19-9-11-41(29(43)27(19)25)26-6-3-5-23(24(26)17-42)28-38-30(34)40-31(39-28)37-22(14-33)16-35-15-21-4-1-2-10-36-21/h1-6,9-14,16,18,42H,7-8,15,17,33H2,(H3,34,37,38,39,40)/b22-14+,35-16?. The molecular formula is C31H28FN9O2. The van der Waals surface area contributed by atoms with Crippen LogP contribution in [0.5, 0.6) is 0 Å². The topological polar surface area (TPSA) is 170 Å². The number of rotatable bonds is 9. The molecule has 0 saturated heterocycles. The molecule has 1 aliphatic rings. The summed E-state index contributed by atoms with van der Waals surface area (Å²) in [5.74, 6) is -0.0544. The van der Waals surface area contributed by atoms with Crippen LogP contribution in [0.15, 0.2) is 88.7 Å². The summed E-state index contributed by atoms with van der Waals surface area (Å²) < 4.78 is 16.5. The third-order valence-corrected chi connectivity index (χ3v) is 7.14. The average molecular weight is 578 g/mol. The summed E-state index contributed by atoms with van der Waals surface area (Å²) >= 11 is 0. The molecule has 0 amide bonds. The number of fused-ring (bicyclic) bond motifs is 1. The molecule has 11 nitrogen and oxygen atoms in total. The minimum Gasteiger partial charge on any atom is -0.403 e. The number of benzene rings is 2. The first-order valence-electron chi connectivity index (χ1n) is 13.6. The second kappa shape index (κ2) is 11.8. The van der Waals surface area contributed by atoms with Crippen molar-refractivity contribution in [1.29, 1.82) is 0 Å². The minimum atomic E-state index is -0.561. The van der Waals surface area contributed by atoms with Gasteiger partial charge in [-0.15, -0.1) is 0 Å². The van der Waals surface area contributed by atoms with Crippen molar-refractivity contribution < 1.29 is 9.50 Å². The summed E-state index contributed by atoms with van der Waals surface area (Å²) in [6, 6.07) is 15.6. The fourth-order valence-corrected chi connectivity index (χ4v) is 4.91. The average Bonchev–Trinajstić information content (AvgIpc) is 3.86. The number of hydrogen-bond acceptors (Lipinski definition) is 10. The lowest BCUT2D eigenvalue weighted by molar-refractivity contribution is 0.282. The van der Waals surface area contributed by atoms with Gasteiger partial charge < -0.3 is 21.9 Å². The van der Waals surface area contributed by atoms with Crippen molar-refractivity contribution >= 4 is 28.9 Å². The van der Waals surface area contributed by atoms with Crippen LogP contribution in [0.4, 0.5) is 16.3 Å². The smallest absolute Gasteiger partial charge is 0.265 e. The first kappa shape index (κ1) is 27.7. The molecule has 1 aliphatic carbocycles. The number of aromatic nitrogens is 5. The fourth-order valence-electron chi connectivity index (χ4n) is 4.91. The lowest BCUT2D eigenvalue weighted by atomic mass is 10.0. The molecular weight excluding hydrogens is 549 g/mol. The first-order valence-corrected chi connectivity index (χ1v) is 13.6. The Hall–Kier alpha value is -5.49. The molecule has 1 fully saturated rings. The molecule has 0 spiro atoms. The lowest BCUT2D eigenvalue weighted by Gasteiger charge is -2.16. The molecule has 1 saturated carbocycles. The van der Waals surface area contributed by atoms with Crippen LogP contribution in [-0.4, -0.2) is 35.8 Å². The third-order valence-electron chi connectivity index (χ3n) is 7.14. The summed E-state index contributed by atoms with van der Waals surface area (Å²) in [7, 11) is 0. The maximum absolute atomic E-state index is 15.2. The van der Waals surface area contributed by atoms with Crippen molar-refractivity contribution in [2.75, 3.05) is 11.1 Å². The largest absolute Gasteiger partial charge is 0.403 e. The Morgan fingerprint density at radius 2 is 2.00 bits per heavy atom. The van der Waals surface area contributed by atoms with Gasteiger partial charge in [0.2, 0.25) is 11.9 Å². The monoisotopic (exact) mass is 577 g/mol. The van der Waals surface area contributed by atoms with Gasteiger partial charge >= 0.3 is 0 Å². The highest BCUT2D eigenvalue weighted by Gasteiger charge is 2.25. The van der Waals surface area contributed by atoms with E-state index in [1.54, 1.807) is 36.7 Å². The van der Waals surface area contributed by atoms with Gasteiger partial charge in [-0.25, -0.2) is 4.39 Å². The number of allylic oxidation sites excluding steroid dienone is 1. The van der Waals surface area contributed by atoms with E-state index in [1.807, 2.05) is 24.3 Å². The number of nitrogens with zero attached hydrogens (tertiary/aromatic N) is 6. The summed E-state index contributed by atoms with van der Waals surface area (Å²) in [6.45, 7) is -0.113. The summed E-state index contributed by atoms with van der Waals surface area (Å²) in [6.07, 6.45) is 8.14. The van der Waals surface area contributed by atoms with Gasteiger partial charge in [0.05, 0.1) is 35.6 Å². The molecule has 3 heterocycles. The van der Waals surface area contributed by atoms with Crippen LogP contribution in [-0.2, 0) is 13.2 Å². The summed E-state index contributed by atoms with van der Waals surface area (Å²) in [5, 5.41) is 13.9. The molecule has 0 bridgehead atoms. The Morgan fingerprint density at radius 3 is 2.74 bits per heavy atom. The summed E-state index contributed by atoms with van der Waals surface area (Å²) in [5.41, 5.74) is 14.5. The van der Waals surface area contributed by atoms with Crippen LogP contribution in [0.1, 0.15) is 35.6 Å². The van der Waals surface area contributed by atoms with Crippen molar-refractivity contribution in [3.8, 4) is 17.1 Å². The maximum Gasteiger partial charge on any atom is 0.265 e. The van der Waals surface area contributed by atoms with Crippen molar-refractivity contribution in [1.82, 2.24) is 24.5 Å². The third kappa shape index (κ3) is 5.81. The number of pyridine rings is 2. The van der Waals surface area contributed by atoms with E-state index < -0.39 is 18.0 Å². The van der Waals surface area contributed by atoms with E-state index in [4.69, 9.17) is 11.5 Å². The second-order valence-corrected chi connectivity index (χ2v) is 10.1. The number of aliphatic hydroxyl groups is 1. The quantitative estimate of drug-likeness (QED) is 0.190. The number of nitrogen functional groups attached to an aromatic ring is 1. The van der Waals surface area contributed by atoms with Gasteiger partial charge in [0.1, 0.15) is 5.82 Å². The van der Waals surface area contributed by atoms with E-state index >= 15 is 4.39 Å². The van der Waals surface area contributed by atoms with E-state index in [0.717, 1.165) is 24.1 Å². The van der Waals surface area contributed by atoms with E-state index in [1.165, 1.54) is 23.0 Å². The molecule has 0 aliphatic heterocycles. The Bertz CT molecular complexity index is 1940. The number of anilines is 2. The molecule has 2 aromatic carbocycles. The fraction of sp³-hybridized carbons (Fsp3) is 0.161. The molecule has 43 heavy (non-hydrogen) atoms. The molecule has 0 radical (unpaired) electrons. The van der Waals surface area contributed by atoms with Gasteiger partial charge in [-0.1, -0.05) is 24.3 Å². The number of halogens is 1. The molecule has 0 unspecified atom stereocenters. The molecule has 3 aromatic heterocycles. The number of aliphatic hydroxyl groups excluding tert-OH is 1. The number of aliphatic imine (C=N–C) groups is 1. The van der Waals surface area contributed by atoms with Crippen molar-refractivity contribution in [2.45, 2.75) is 31.9 Å². The minimum absolute atomic E-state index is 0.0112. The van der Waals surface area contributed by atoms with Crippen molar-refractivity contribution in [2.24, 2.45) is 10.7 Å². The molecule has 6 rings (SSSR count). The molecule has 5 aromatic rings. The van der Waals surface area contributed by atoms with Crippen LogP contribution < -0.4 is 22.3 Å². The zero-order valence-electron chi connectivity index (χ0n) is 23.0. The Labute approximate surface area is 245 Å². The van der Waals surface area contributed by atoms with Gasteiger partial charge in [-0.2, -0.15) is 15.0 Å². The van der Waals surface area contributed by atoms with Gasteiger partial charge in [-0.3, -0.25) is 19.3 Å². The molecule has 12 heteroatoms. The van der Waals surface area contributed by atoms with Crippen LogP contribution in [0.25, 0.3) is 27.8 Å². The molecule has 6 N–H and O–H groups in total. The van der Waals surface area contributed by atoms with Gasteiger partial charge in [0, 0.05) is 35.9 Å². The van der Waals surface area contributed by atoms with Crippen molar-refractivity contribution in [3.63, 3.8) is 0 Å². The van der Waals surface area contributed by atoms with Crippen LogP contribution in [0, 0.1) is 5.82 Å². The van der Waals surface area contributed by atoms with E-state index in [9.17, 15) is 9.90 Å². The second-order valence-electron chi connectivity index (χ2n) is 10.1. The van der Waals surface area contributed by atoms with Crippen LogP contribution in [0.2, 0.25) is 0 Å². The first-order chi connectivity index (χ1) is 20.9. The SMILES string of the molecule is N/C=C(\C=NCc1ccccn1)Nc1nc(N)nc(-c2cccc(-n3ccc4cc(C5CC5)cc(F)c4c3=O)c2CO)n1. The molecule has 216 valence electrons. The van der Waals surface area contributed by atoms with Gasteiger partial charge in [0.15, 0.2) is 5.82 Å². The van der Waals surface area contributed by atoms with E-state index in [-0.39, 0.29) is 23.1 Å². The van der Waals surface area contributed by atoms with Gasteiger partial charge in [0.25, 0.3) is 5.56 Å². The number of hydrogen-bond donors (Lipinski definition) is 4. The number of nitrogens with two attached hydrogens (primary N) is 2. The lowest BCUT2D eigenvalue weighted by Crippen LogP contribution is -2.20. The van der Waals surface area contributed by atoms with Crippen LogP contribution >= 0.6 is 0 Å². The highest BCUT2D eigenvalue weighted by molar-refractivity contribution is 5.84. The zero-order chi connectivity index (χ0) is 29.9. The number of nitrogens with one attached hydrogen (secondary N) is 1. The highest BCUT2D eigenvalue weighted by atomic mass is 19.1. The Kier molecular flexibility index (Phi) is 7.58. The predicted octanol–water partition coefficient (Wildman–Crippen LogP) is 3.81. The zero-order valence-corrected chi connectivity index (χ0v) is 23.0. The van der Waals surface area contributed by atoms with Crippen molar-refractivity contribution in [3.05, 3.63) is 112 Å². The van der Waals surface area contributed by atoms with E-state index in [2.05, 4.69) is 30.2 Å². The maximum atomic E-state index is 15.2. The predicted molar refractivity (Wildman–Crippen MR) is 163 cm³/mol. The van der Waals surface area contributed by atoms with Gasteiger partial charge in [-0.05, 0) is 60.0 Å². The summed E-state index contributed by atoms with van der Waals surface area (Å²) in [4.78, 5) is 35.0. The molecule has 0 atom stereocenters. The van der Waals surface area contributed by atoms with E-state index in [0.29, 0.717) is 40.4 Å².